The molecule has 1 aromatic carbocycles. The number of benzene rings is 1. The third-order valence-electron chi connectivity index (χ3n) is 4.08. The van der Waals surface area contributed by atoms with Crippen molar-refractivity contribution in [3.05, 3.63) is 28.3 Å². The normalized spacial score (nSPS) is 17.0. The first-order valence-electron chi connectivity index (χ1n) is 6.86. The first-order valence-corrected chi connectivity index (χ1v) is 6.86. The predicted molar refractivity (Wildman–Crippen MR) is 75.2 cm³/mol. The molecule has 0 bridgehead atoms. The molecule has 108 valence electrons. The lowest BCUT2D eigenvalue weighted by molar-refractivity contribution is -0.142. The van der Waals surface area contributed by atoms with Crippen LogP contribution in [0, 0.1) is 19.8 Å². The van der Waals surface area contributed by atoms with Crippen LogP contribution in [0.3, 0.4) is 0 Å². The highest BCUT2D eigenvalue weighted by Gasteiger charge is 2.32. The van der Waals surface area contributed by atoms with Crippen molar-refractivity contribution < 1.29 is 19.1 Å². The minimum atomic E-state index is -0.412. The zero-order chi connectivity index (χ0) is 14.9. The Kier molecular flexibility index (Phi) is 4.12. The number of hydrogen-bond acceptors (Lipinski definition) is 4. The number of carbonyl (C=O) groups excluding carboxylic acids is 2. The van der Waals surface area contributed by atoms with Gasteiger partial charge in [-0.1, -0.05) is 6.92 Å². The second-order valence-electron chi connectivity index (χ2n) is 5.20. The van der Waals surface area contributed by atoms with Gasteiger partial charge in [0, 0.05) is 11.5 Å². The van der Waals surface area contributed by atoms with Crippen LogP contribution in [-0.4, -0.2) is 25.5 Å². The van der Waals surface area contributed by atoms with Gasteiger partial charge in [0.15, 0.2) is 12.4 Å². The van der Waals surface area contributed by atoms with E-state index in [1.54, 1.807) is 0 Å². The Balaban J connectivity index is 2.33. The van der Waals surface area contributed by atoms with Crippen LogP contribution in [-0.2, 0) is 16.0 Å². The number of hydrogen-bond donors (Lipinski definition) is 0. The van der Waals surface area contributed by atoms with E-state index in [-0.39, 0.29) is 18.3 Å². The van der Waals surface area contributed by atoms with Crippen LogP contribution in [0.4, 0.5) is 0 Å². The molecular formula is C16H20O4. The first kappa shape index (κ1) is 14.6. The van der Waals surface area contributed by atoms with Gasteiger partial charge in [0.1, 0.15) is 5.75 Å². The molecule has 0 amide bonds. The van der Waals surface area contributed by atoms with Gasteiger partial charge in [0.2, 0.25) is 0 Å². The zero-order valence-electron chi connectivity index (χ0n) is 12.4. The van der Waals surface area contributed by atoms with Crippen molar-refractivity contribution in [1.82, 2.24) is 0 Å². The van der Waals surface area contributed by atoms with Gasteiger partial charge < -0.3 is 9.47 Å². The van der Waals surface area contributed by atoms with Crippen LogP contribution < -0.4 is 4.74 Å². The van der Waals surface area contributed by atoms with E-state index in [1.165, 1.54) is 7.11 Å². The average molecular weight is 276 g/mol. The first-order chi connectivity index (χ1) is 9.49. The van der Waals surface area contributed by atoms with E-state index in [9.17, 15) is 9.59 Å². The summed E-state index contributed by atoms with van der Waals surface area (Å²) in [5, 5.41) is 0. The van der Waals surface area contributed by atoms with Gasteiger partial charge >= 0.3 is 5.97 Å². The monoisotopic (exact) mass is 276 g/mol. The largest absolute Gasteiger partial charge is 0.482 e. The summed E-state index contributed by atoms with van der Waals surface area (Å²) in [6.45, 7) is 5.77. The van der Waals surface area contributed by atoms with Crippen LogP contribution in [0.25, 0.3) is 0 Å². The van der Waals surface area contributed by atoms with Crippen LogP contribution >= 0.6 is 0 Å². The number of ketones is 1. The molecule has 2 rings (SSSR count). The number of Topliss-reactive ketones (excluding diaryl/α,β-unsaturated/α-hetero) is 1. The summed E-state index contributed by atoms with van der Waals surface area (Å²) >= 11 is 0. The Morgan fingerprint density at radius 1 is 1.35 bits per heavy atom. The summed E-state index contributed by atoms with van der Waals surface area (Å²) < 4.78 is 10.1. The summed E-state index contributed by atoms with van der Waals surface area (Å²) in [5.74, 6) is 0.572. The lowest BCUT2D eigenvalue weighted by atomic mass is 9.97. The van der Waals surface area contributed by atoms with E-state index in [4.69, 9.17) is 4.74 Å². The van der Waals surface area contributed by atoms with E-state index in [1.807, 2.05) is 26.8 Å². The van der Waals surface area contributed by atoms with Gasteiger partial charge in [-0.15, -0.1) is 0 Å². The lowest BCUT2D eigenvalue weighted by Gasteiger charge is -2.13. The number of esters is 1. The number of fused-ring (bicyclic) bond motifs is 1. The molecule has 0 aliphatic heterocycles. The van der Waals surface area contributed by atoms with Crippen molar-refractivity contribution in [2.45, 2.75) is 33.6 Å². The molecule has 0 saturated heterocycles. The molecule has 0 saturated carbocycles. The smallest absolute Gasteiger partial charge is 0.343 e. The second kappa shape index (κ2) is 5.65. The minimum Gasteiger partial charge on any atom is -0.482 e. The molecular weight excluding hydrogens is 256 g/mol. The molecule has 20 heavy (non-hydrogen) atoms. The molecule has 1 aliphatic rings. The SMILES string of the molecule is CCC1Cc2cc(OCC(=O)OC)c(C)c(C)c2C1=O. The average Bonchev–Trinajstić information content (AvgIpc) is 2.77. The molecule has 0 aromatic heterocycles. The van der Waals surface area contributed by atoms with Gasteiger partial charge in [-0.3, -0.25) is 4.79 Å². The van der Waals surface area contributed by atoms with Crippen LogP contribution in [0.1, 0.15) is 40.4 Å². The Hall–Kier alpha value is -1.84. The maximum atomic E-state index is 12.3. The molecule has 1 atom stereocenters. The molecule has 4 heteroatoms. The van der Waals surface area contributed by atoms with Crippen molar-refractivity contribution >= 4 is 11.8 Å². The summed E-state index contributed by atoms with van der Waals surface area (Å²) in [6, 6.07) is 1.90. The summed E-state index contributed by atoms with van der Waals surface area (Å²) in [5.41, 5.74) is 3.76. The highest BCUT2D eigenvalue weighted by Crippen LogP contribution is 2.36. The molecule has 1 aliphatic carbocycles. The third-order valence-corrected chi connectivity index (χ3v) is 4.08. The summed E-state index contributed by atoms with van der Waals surface area (Å²) in [4.78, 5) is 23.5. The maximum absolute atomic E-state index is 12.3. The van der Waals surface area contributed by atoms with Crippen LogP contribution in [0.5, 0.6) is 5.75 Å². The fraction of sp³-hybridized carbons (Fsp3) is 0.500. The van der Waals surface area contributed by atoms with Crippen molar-refractivity contribution in [3.63, 3.8) is 0 Å². The summed E-state index contributed by atoms with van der Waals surface area (Å²) in [7, 11) is 1.33. The van der Waals surface area contributed by atoms with Gasteiger partial charge in [-0.25, -0.2) is 4.79 Å². The number of ether oxygens (including phenoxy) is 2. The maximum Gasteiger partial charge on any atom is 0.343 e. The van der Waals surface area contributed by atoms with Crippen molar-refractivity contribution in [1.29, 1.82) is 0 Å². The Bertz CT molecular complexity index is 560. The fourth-order valence-electron chi connectivity index (χ4n) is 2.69. The lowest BCUT2D eigenvalue weighted by Crippen LogP contribution is -2.14. The second-order valence-corrected chi connectivity index (χ2v) is 5.20. The Morgan fingerprint density at radius 3 is 2.65 bits per heavy atom. The summed E-state index contributed by atoms with van der Waals surface area (Å²) in [6.07, 6.45) is 1.62. The van der Waals surface area contributed by atoms with Crippen LogP contribution in [0.2, 0.25) is 0 Å². The van der Waals surface area contributed by atoms with Crippen molar-refractivity contribution in [2.75, 3.05) is 13.7 Å². The van der Waals surface area contributed by atoms with Gasteiger partial charge in [-0.2, -0.15) is 0 Å². The van der Waals surface area contributed by atoms with E-state index in [2.05, 4.69) is 4.74 Å². The topological polar surface area (TPSA) is 52.6 Å². The quantitative estimate of drug-likeness (QED) is 0.793. The molecule has 4 nitrogen and oxygen atoms in total. The number of rotatable bonds is 4. The highest BCUT2D eigenvalue weighted by atomic mass is 16.6. The van der Waals surface area contributed by atoms with E-state index in [0.29, 0.717) is 5.75 Å². The standard InChI is InChI=1S/C16H20O4/c1-5-11-6-12-7-13(20-8-14(17)19-4)9(2)10(3)15(12)16(11)18/h7,11H,5-6,8H2,1-4H3. The van der Waals surface area contributed by atoms with Gasteiger partial charge in [-0.05, 0) is 49.4 Å². The van der Waals surface area contributed by atoms with Crippen molar-refractivity contribution in [3.8, 4) is 5.75 Å². The fourth-order valence-corrected chi connectivity index (χ4v) is 2.69. The zero-order valence-corrected chi connectivity index (χ0v) is 12.4. The predicted octanol–water partition coefficient (Wildman–Crippen LogP) is 2.62. The molecule has 0 N–H and O–H groups in total. The minimum absolute atomic E-state index is 0.0824. The molecule has 0 heterocycles. The van der Waals surface area contributed by atoms with E-state index in [0.717, 1.165) is 35.1 Å². The van der Waals surface area contributed by atoms with Crippen molar-refractivity contribution in [2.24, 2.45) is 5.92 Å². The third kappa shape index (κ3) is 2.42. The van der Waals surface area contributed by atoms with Gasteiger partial charge in [0.25, 0.3) is 0 Å². The molecule has 1 aromatic rings. The molecule has 0 radical (unpaired) electrons. The van der Waals surface area contributed by atoms with E-state index >= 15 is 0 Å². The molecule has 1 unspecified atom stereocenters. The van der Waals surface area contributed by atoms with Crippen LogP contribution in [0.15, 0.2) is 6.07 Å². The van der Waals surface area contributed by atoms with E-state index < -0.39 is 5.97 Å². The Labute approximate surface area is 119 Å². The molecule has 0 spiro atoms. The highest BCUT2D eigenvalue weighted by molar-refractivity contribution is 6.04. The van der Waals surface area contributed by atoms with Gasteiger partial charge in [0.05, 0.1) is 7.11 Å². The number of methoxy groups -OCH3 is 1. The number of carbonyl (C=O) groups is 2. The molecule has 0 fully saturated rings. The Morgan fingerprint density at radius 2 is 2.05 bits per heavy atom.